The molecule has 0 spiro atoms. The zero-order valence-electron chi connectivity index (χ0n) is 15.1. The van der Waals surface area contributed by atoms with E-state index < -0.39 is 0 Å². The number of nitrogens with zero attached hydrogens (tertiary/aromatic N) is 2. The number of ketones is 1. The van der Waals surface area contributed by atoms with Gasteiger partial charge < -0.3 is 0 Å². The predicted molar refractivity (Wildman–Crippen MR) is 113 cm³/mol. The Morgan fingerprint density at radius 2 is 1.57 bits per heavy atom. The molecule has 0 atom stereocenters. The summed E-state index contributed by atoms with van der Waals surface area (Å²) in [6, 6.07) is 19.9. The first kappa shape index (κ1) is 17.9. The molecule has 1 aliphatic rings. The lowest BCUT2D eigenvalue weighted by Gasteiger charge is -2.17. The molecule has 1 aliphatic heterocycles. The molecule has 0 N–H and O–H groups in total. The third-order valence-corrected chi connectivity index (χ3v) is 4.99. The fourth-order valence-corrected chi connectivity index (χ4v) is 3.57. The quantitative estimate of drug-likeness (QED) is 0.494. The number of aryl methyl sites for hydroxylation is 1. The highest BCUT2D eigenvalue weighted by atomic mass is 32.1. The first-order valence-corrected chi connectivity index (χ1v) is 9.18. The van der Waals surface area contributed by atoms with E-state index in [9.17, 15) is 9.59 Å². The lowest BCUT2D eigenvalue weighted by molar-refractivity contribution is -0.112. The van der Waals surface area contributed by atoms with Gasteiger partial charge in [-0.15, -0.1) is 0 Å². The number of carbonyl (C=O) groups is 2. The van der Waals surface area contributed by atoms with E-state index in [1.807, 2.05) is 61.5 Å². The van der Waals surface area contributed by atoms with Gasteiger partial charge in [-0.2, -0.15) is 0 Å². The van der Waals surface area contributed by atoms with E-state index in [1.165, 1.54) is 4.90 Å². The van der Waals surface area contributed by atoms with Crippen molar-refractivity contribution in [1.29, 1.82) is 0 Å². The van der Waals surface area contributed by atoms with Crippen molar-refractivity contribution in [1.82, 2.24) is 4.98 Å². The van der Waals surface area contributed by atoms with Crippen molar-refractivity contribution in [2.45, 2.75) is 6.92 Å². The van der Waals surface area contributed by atoms with Gasteiger partial charge in [0.15, 0.2) is 5.78 Å². The molecule has 2 aromatic carbocycles. The van der Waals surface area contributed by atoms with E-state index in [2.05, 4.69) is 4.98 Å². The summed E-state index contributed by atoms with van der Waals surface area (Å²) in [6.07, 6.45) is 3.10. The van der Waals surface area contributed by atoms with Crippen LogP contribution in [0.15, 0.2) is 84.7 Å². The molecule has 0 unspecified atom stereocenters. The molecule has 0 radical (unpaired) electrons. The van der Waals surface area contributed by atoms with Gasteiger partial charge in [-0.1, -0.05) is 60.2 Å². The summed E-state index contributed by atoms with van der Waals surface area (Å²) in [4.78, 5) is 32.2. The molecule has 0 saturated carbocycles. The molecule has 136 valence electrons. The molecule has 0 bridgehead atoms. The summed E-state index contributed by atoms with van der Waals surface area (Å²) in [7, 11) is 0. The average Bonchev–Trinajstić information content (AvgIpc) is 2.99. The second-order valence-electron chi connectivity index (χ2n) is 6.46. The molecule has 0 saturated heterocycles. The fraction of sp³-hybridized carbons (Fsp3) is 0.0435. The number of hydrogen-bond acceptors (Lipinski definition) is 4. The molecule has 28 heavy (non-hydrogen) atoms. The second kappa shape index (κ2) is 7.29. The SMILES string of the molecule is Cc1ccc(N2C(=O)C(c3ccccc3)=C(C(=O)c3ccncc3)C2=S)cc1. The molecule has 0 aliphatic carbocycles. The van der Waals surface area contributed by atoms with Crippen LogP contribution in [0.25, 0.3) is 5.57 Å². The van der Waals surface area contributed by atoms with Crippen LogP contribution in [0.2, 0.25) is 0 Å². The largest absolute Gasteiger partial charge is 0.288 e. The first-order valence-electron chi connectivity index (χ1n) is 8.78. The van der Waals surface area contributed by atoms with Gasteiger partial charge in [0.2, 0.25) is 0 Å². The molecular formula is C23H16N2O2S. The van der Waals surface area contributed by atoms with E-state index in [0.29, 0.717) is 22.4 Å². The number of rotatable bonds is 4. The number of hydrogen-bond donors (Lipinski definition) is 0. The Balaban J connectivity index is 1.88. The van der Waals surface area contributed by atoms with Gasteiger partial charge in [0, 0.05) is 18.0 Å². The van der Waals surface area contributed by atoms with E-state index in [4.69, 9.17) is 12.2 Å². The maximum Gasteiger partial charge on any atom is 0.264 e. The van der Waals surface area contributed by atoms with Crippen LogP contribution < -0.4 is 4.90 Å². The summed E-state index contributed by atoms with van der Waals surface area (Å²) in [5.41, 5.74) is 3.41. The smallest absolute Gasteiger partial charge is 0.264 e. The highest BCUT2D eigenvalue weighted by molar-refractivity contribution is 7.81. The summed E-state index contributed by atoms with van der Waals surface area (Å²) in [5.74, 6) is -0.577. The molecule has 5 heteroatoms. The standard InChI is InChI=1S/C23H16N2O2S/c1-15-7-9-18(10-8-15)25-22(27)19(16-5-3-2-4-6-16)20(23(25)28)21(26)17-11-13-24-14-12-17/h2-14H,1H3. The lowest BCUT2D eigenvalue weighted by atomic mass is 9.96. The number of benzene rings is 2. The van der Waals surface area contributed by atoms with Gasteiger partial charge in [-0.3, -0.25) is 19.5 Å². The second-order valence-corrected chi connectivity index (χ2v) is 6.85. The maximum atomic E-state index is 13.4. The van der Waals surface area contributed by atoms with Crippen molar-refractivity contribution in [3.63, 3.8) is 0 Å². The Morgan fingerprint density at radius 3 is 2.21 bits per heavy atom. The molecule has 4 rings (SSSR count). The third-order valence-electron chi connectivity index (χ3n) is 4.61. The zero-order valence-corrected chi connectivity index (χ0v) is 15.9. The highest BCUT2D eigenvalue weighted by Gasteiger charge is 2.40. The monoisotopic (exact) mass is 384 g/mol. The van der Waals surface area contributed by atoms with Crippen LogP contribution in [0.1, 0.15) is 21.5 Å². The Bertz CT molecular complexity index is 1100. The van der Waals surface area contributed by atoms with Crippen molar-refractivity contribution in [2.75, 3.05) is 4.90 Å². The Hall–Kier alpha value is -3.44. The summed E-state index contributed by atoms with van der Waals surface area (Å²) < 4.78 is 0. The third kappa shape index (κ3) is 3.06. The fourth-order valence-electron chi connectivity index (χ4n) is 3.19. The Morgan fingerprint density at radius 1 is 0.929 bits per heavy atom. The van der Waals surface area contributed by atoms with Crippen molar-refractivity contribution in [3.05, 3.63) is 101 Å². The number of pyridine rings is 1. The van der Waals surface area contributed by atoms with Crippen LogP contribution in [-0.4, -0.2) is 21.7 Å². The normalized spacial score (nSPS) is 14.0. The van der Waals surface area contributed by atoms with Crippen molar-refractivity contribution in [3.8, 4) is 0 Å². The molecular weight excluding hydrogens is 368 g/mol. The van der Waals surface area contributed by atoms with Gasteiger partial charge >= 0.3 is 0 Å². The summed E-state index contributed by atoms with van der Waals surface area (Å²) in [6.45, 7) is 1.97. The van der Waals surface area contributed by atoms with E-state index in [1.54, 1.807) is 24.5 Å². The van der Waals surface area contributed by atoms with Crippen molar-refractivity contribution in [2.24, 2.45) is 0 Å². The topological polar surface area (TPSA) is 50.3 Å². The number of carbonyl (C=O) groups excluding carboxylic acids is 2. The number of thiocarbonyl (C=S) groups is 1. The molecule has 1 amide bonds. The van der Waals surface area contributed by atoms with E-state index >= 15 is 0 Å². The molecule has 1 aromatic heterocycles. The minimum Gasteiger partial charge on any atom is -0.288 e. The Labute approximate surface area is 168 Å². The van der Waals surface area contributed by atoms with Crippen LogP contribution >= 0.6 is 12.2 Å². The van der Waals surface area contributed by atoms with Gasteiger partial charge in [0.1, 0.15) is 4.99 Å². The number of Topliss-reactive ketones (excluding diaryl/α,β-unsaturated/α-hetero) is 1. The molecule has 0 fully saturated rings. The first-order chi connectivity index (χ1) is 13.6. The predicted octanol–water partition coefficient (Wildman–Crippen LogP) is 4.40. The summed E-state index contributed by atoms with van der Waals surface area (Å²) in [5, 5.41) is 0. The van der Waals surface area contributed by atoms with Crippen LogP contribution in [-0.2, 0) is 4.79 Å². The molecule has 3 aromatic rings. The Kier molecular flexibility index (Phi) is 4.67. The lowest BCUT2D eigenvalue weighted by Crippen LogP contribution is -2.31. The van der Waals surface area contributed by atoms with Crippen LogP contribution in [0.4, 0.5) is 5.69 Å². The number of anilines is 1. The molecule has 2 heterocycles. The van der Waals surface area contributed by atoms with Crippen molar-refractivity contribution >= 4 is 40.2 Å². The minimum absolute atomic E-state index is 0.217. The van der Waals surface area contributed by atoms with Crippen LogP contribution in [0.3, 0.4) is 0 Å². The van der Waals surface area contributed by atoms with Crippen LogP contribution in [0, 0.1) is 6.92 Å². The average molecular weight is 384 g/mol. The van der Waals surface area contributed by atoms with Gasteiger partial charge in [0.25, 0.3) is 5.91 Å². The number of aromatic nitrogens is 1. The zero-order chi connectivity index (χ0) is 19.7. The van der Waals surface area contributed by atoms with Gasteiger partial charge in [-0.05, 0) is 36.8 Å². The van der Waals surface area contributed by atoms with Gasteiger partial charge in [-0.25, -0.2) is 0 Å². The summed E-state index contributed by atoms with van der Waals surface area (Å²) >= 11 is 5.62. The van der Waals surface area contributed by atoms with Crippen molar-refractivity contribution < 1.29 is 9.59 Å². The maximum absolute atomic E-state index is 13.4. The highest BCUT2D eigenvalue weighted by Crippen LogP contribution is 2.35. The molecule has 4 nitrogen and oxygen atoms in total. The van der Waals surface area contributed by atoms with Gasteiger partial charge in [0.05, 0.1) is 16.8 Å². The minimum atomic E-state index is -0.294. The van der Waals surface area contributed by atoms with E-state index in [-0.39, 0.29) is 22.3 Å². The van der Waals surface area contributed by atoms with E-state index in [0.717, 1.165) is 5.56 Å². The number of amides is 1. The van der Waals surface area contributed by atoms with Crippen LogP contribution in [0.5, 0.6) is 0 Å².